The highest BCUT2D eigenvalue weighted by atomic mass is 79.9. The van der Waals surface area contributed by atoms with Gasteiger partial charge < -0.3 is 4.98 Å². The van der Waals surface area contributed by atoms with Crippen LogP contribution in [0.25, 0.3) is 10.9 Å². The Labute approximate surface area is 99.0 Å². The number of hydrogen-bond donors (Lipinski definition) is 1. The van der Waals surface area contributed by atoms with Crippen LogP contribution in [0.2, 0.25) is 0 Å². The van der Waals surface area contributed by atoms with Gasteiger partial charge >= 0.3 is 0 Å². The highest BCUT2D eigenvalue weighted by Crippen LogP contribution is 2.26. The summed E-state index contributed by atoms with van der Waals surface area (Å²) in [6.07, 6.45) is 3.45. The number of hydrogen-bond acceptors (Lipinski definition) is 0. The molecule has 15 heavy (non-hydrogen) atoms. The van der Waals surface area contributed by atoms with Gasteiger partial charge in [-0.25, -0.2) is 0 Å². The van der Waals surface area contributed by atoms with Crippen molar-refractivity contribution in [3.05, 3.63) is 33.9 Å². The zero-order chi connectivity index (χ0) is 10.8. The second-order valence-electron chi connectivity index (χ2n) is 3.88. The topological polar surface area (TPSA) is 15.8 Å². The Kier molecular flexibility index (Phi) is 3.15. The highest BCUT2D eigenvalue weighted by Gasteiger charge is 2.08. The molecule has 1 N–H and O–H groups in total. The lowest BCUT2D eigenvalue weighted by Gasteiger charge is -1.99. The van der Waals surface area contributed by atoms with Gasteiger partial charge in [0.05, 0.1) is 0 Å². The number of benzene rings is 1. The van der Waals surface area contributed by atoms with Crippen LogP contribution in [0.3, 0.4) is 0 Å². The molecule has 0 atom stereocenters. The van der Waals surface area contributed by atoms with Crippen LogP contribution >= 0.6 is 15.9 Å². The zero-order valence-electron chi connectivity index (χ0n) is 9.23. The molecule has 0 aliphatic heterocycles. The highest BCUT2D eigenvalue weighted by molar-refractivity contribution is 9.10. The summed E-state index contributed by atoms with van der Waals surface area (Å²) in [5.74, 6) is 0. The van der Waals surface area contributed by atoms with Crippen molar-refractivity contribution in [2.45, 2.75) is 33.1 Å². The molecule has 0 unspecified atom stereocenters. The summed E-state index contributed by atoms with van der Waals surface area (Å²) in [5.41, 5.74) is 4.15. The molecule has 80 valence electrons. The first-order valence-electron chi connectivity index (χ1n) is 5.55. The van der Waals surface area contributed by atoms with Crippen molar-refractivity contribution in [2.24, 2.45) is 0 Å². The van der Waals surface area contributed by atoms with Crippen LogP contribution in [0.1, 0.15) is 31.5 Å². The standard InChI is InChI=1S/C13H16BrN/c1-3-5-12-10(4-2)11-8-9(14)6-7-13(11)15-12/h6-8,15H,3-5H2,1-2H3. The molecule has 0 radical (unpaired) electrons. The SMILES string of the molecule is CCCc1[nH]c2ccc(Br)cc2c1CC. The van der Waals surface area contributed by atoms with Gasteiger partial charge in [0.15, 0.2) is 0 Å². The third-order valence-electron chi connectivity index (χ3n) is 2.81. The van der Waals surface area contributed by atoms with Crippen LogP contribution < -0.4 is 0 Å². The van der Waals surface area contributed by atoms with E-state index in [-0.39, 0.29) is 0 Å². The van der Waals surface area contributed by atoms with Gasteiger partial charge in [0.1, 0.15) is 0 Å². The molecule has 0 aliphatic carbocycles. The van der Waals surface area contributed by atoms with Crippen LogP contribution in [-0.4, -0.2) is 4.98 Å². The van der Waals surface area contributed by atoms with Gasteiger partial charge in [-0.3, -0.25) is 0 Å². The molecule has 2 heteroatoms. The molecule has 0 saturated heterocycles. The van der Waals surface area contributed by atoms with Crippen molar-refractivity contribution >= 4 is 26.8 Å². The van der Waals surface area contributed by atoms with Crippen molar-refractivity contribution in [2.75, 3.05) is 0 Å². The first kappa shape index (κ1) is 10.7. The Morgan fingerprint density at radius 3 is 2.73 bits per heavy atom. The van der Waals surface area contributed by atoms with Gasteiger partial charge in [0.25, 0.3) is 0 Å². The molecule has 0 amide bonds. The molecular weight excluding hydrogens is 250 g/mol. The van der Waals surface area contributed by atoms with E-state index in [0.717, 1.165) is 17.3 Å². The first-order valence-corrected chi connectivity index (χ1v) is 6.34. The molecule has 1 nitrogen and oxygen atoms in total. The van der Waals surface area contributed by atoms with E-state index in [1.807, 2.05) is 0 Å². The summed E-state index contributed by atoms with van der Waals surface area (Å²) in [7, 11) is 0. The molecule has 0 bridgehead atoms. The van der Waals surface area contributed by atoms with E-state index in [2.05, 4.69) is 53.0 Å². The molecule has 2 aromatic rings. The quantitative estimate of drug-likeness (QED) is 0.845. The van der Waals surface area contributed by atoms with Crippen LogP contribution in [-0.2, 0) is 12.8 Å². The second kappa shape index (κ2) is 4.40. The fraction of sp³-hybridized carbons (Fsp3) is 0.385. The van der Waals surface area contributed by atoms with Crippen molar-refractivity contribution in [1.82, 2.24) is 4.98 Å². The monoisotopic (exact) mass is 265 g/mol. The van der Waals surface area contributed by atoms with E-state index >= 15 is 0 Å². The van der Waals surface area contributed by atoms with E-state index in [1.165, 1.54) is 28.6 Å². The largest absolute Gasteiger partial charge is 0.358 e. The average molecular weight is 266 g/mol. The average Bonchev–Trinajstić information content (AvgIpc) is 2.55. The zero-order valence-corrected chi connectivity index (χ0v) is 10.8. The fourth-order valence-electron chi connectivity index (χ4n) is 2.14. The second-order valence-corrected chi connectivity index (χ2v) is 4.79. The van der Waals surface area contributed by atoms with Crippen LogP contribution in [0, 0.1) is 0 Å². The lowest BCUT2D eigenvalue weighted by molar-refractivity contribution is 0.877. The number of aromatic amines is 1. The van der Waals surface area contributed by atoms with Gasteiger partial charge in [-0.05, 0) is 36.6 Å². The van der Waals surface area contributed by atoms with Gasteiger partial charge in [-0.1, -0.05) is 36.2 Å². The van der Waals surface area contributed by atoms with Gasteiger partial charge in [-0.2, -0.15) is 0 Å². The van der Waals surface area contributed by atoms with Crippen molar-refractivity contribution < 1.29 is 0 Å². The molecule has 1 aromatic carbocycles. The molecule has 1 heterocycles. The predicted octanol–water partition coefficient (Wildman–Crippen LogP) is 4.45. The Bertz CT molecular complexity index is 471. The Hall–Kier alpha value is -0.760. The van der Waals surface area contributed by atoms with Crippen LogP contribution in [0.5, 0.6) is 0 Å². The number of halogens is 1. The van der Waals surface area contributed by atoms with Crippen molar-refractivity contribution in [1.29, 1.82) is 0 Å². The lowest BCUT2D eigenvalue weighted by Crippen LogP contribution is -1.88. The lowest BCUT2D eigenvalue weighted by atomic mass is 10.1. The molecule has 2 rings (SSSR count). The maximum atomic E-state index is 3.53. The molecule has 0 fully saturated rings. The molecule has 0 saturated carbocycles. The summed E-state index contributed by atoms with van der Waals surface area (Å²) in [4.78, 5) is 3.52. The predicted molar refractivity (Wildman–Crippen MR) is 69.4 cm³/mol. The van der Waals surface area contributed by atoms with E-state index in [4.69, 9.17) is 0 Å². The first-order chi connectivity index (χ1) is 7.26. The summed E-state index contributed by atoms with van der Waals surface area (Å²) in [6.45, 7) is 4.45. The maximum Gasteiger partial charge on any atom is 0.0459 e. The maximum absolute atomic E-state index is 3.53. The van der Waals surface area contributed by atoms with Crippen molar-refractivity contribution in [3.8, 4) is 0 Å². The van der Waals surface area contributed by atoms with Gasteiger partial charge in [0.2, 0.25) is 0 Å². The number of aromatic nitrogens is 1. The molecule has 0 aliphatic rings. The smallest absolute Gasteiger partial charge is 0.0459 e. The van der Waals surface area contributed by atoms with Crippen LogP contribution in [0.15, 0.2) is 22.7 Å². The summed E-state index contributed by atoms with van der Waals surface area (Å²) < 4.78 is 1.16. The third kappa shape index (κ3) is 1.96. The number of H-pyrrole nitrogens is 1. The van der Waals surface area contributed by atoms with E-state index in [1.54, 1.807) is 0 Å². The van der Waals surface area contributed by atoms with E-state index in [9.17, 15) is 0 Å². The van der Waals surface area contributed by atoms with E-state index in [0.29, 0.717) is 0 Å². The molecule has 1 aromatic heterocycles. The van der Waals surface area contributed by atoms with Gasteiger partial charge in [0, 0.05) is 21.1 Å². The minimum Gasteiger partial charge on any atom is -0.358 e. The Morgan fingerprint density at radius 2 is 2.07 bits per heavy atom. The Morgan fingerprint density at radius 1 is 1.27 bits per heavy atom. The number of nitrogens with one attached hydrogen (secondary N) is 1. The number of fused-ring (bicyclic) bond motifs is 1. The third-order valence-corrected chi connectivity index (χ3v) is 3.30. The minimum absolute atomic E-state index is 1.10. The minimum atomic E-state index is 1.10. The summed E-state index contributed by atoms with van der Waals surface area (Å²) in [5, 5.41) is 1.37. The number of rotatable bonds is 3. The number of aryl methyl sites for hydroxylation is 2. The fourth-order valence-corrected chi connectivity index (χ4v) is 2.50. The molecular formula is C13H16BrN. The Balaban J connectivity index is 2.63. The van der Waals surface area contributed by atoms with Crippen molar-refractivity contribution in [3.63, 3.8) is 0 Å². The normalized spacial score (nSPS) is 11.1. The van der Waals surface area contributed by atoms with Gasteiger partial charge in [-0.15, -0.1) is 0 Å². The van der Waals surface area contributed by atoms with E-state index < -0.39 is 0 Å². The summed E-state index contributed by atoms with van der Waals surface area (Å²) in [6, 6.07) is 6.45. The summed E-state index contributed by atoms with van der Waals surface area (Å²) >= 11 is 3.53. The molecule has 0 spiro atoms. The van der Waals surface area contributed by atoms with Crippen LogP contribution in [0.4, 0.5) is 0 Å².